The molecule has 5 fully saturated rings. The van der Waals surface area contributed by atoms with Gasteiger partial charge in [0.05, 0.1) is 25.0 Å². The van der Waals surface area contributed by atoms with Crippen molar-refractivity contribution in [3.8, 4) is 0 Å². The number of esters is 1. The van der Waals surface area contributed by atoms with Gasteiger partial charge >= 0.3 is 11.9 Å². The first-order valence-corrected chi connectivity index (χ1v) is 23.0. The predicted molar refractivity (Wildman–Crippen MR) is 229 cm³/mol. The van der Waals surface area contributed by atoms with Gasteiger partial charge in [-0.3, -0.25) is 24.2 Å². The normalized spacial score (nSPS) is 36.3. The summed E-state index contributed by atoms with van der Waals surface area (Å²) in [7, 11) is 0. The molecule has 8 atom stereocenters. The Morgan fingerprint density at radius 2 is 1.62 bits per heavy atom. The van der Waals surface area contributed by atoms with Crippen LogP contribution in [0.15, 0.2) is 41.5 Å². The van der Waals surface area contributed by atoms with E-state index in [0.717, 1.165) is 97.4 Å². The Bertz CT molecular complexity index is 1730. The SMILES string of the molecule is CC(C)C1=C2[C@H]3CCC4[C@@]5(C)CC[C@H](OC(=O)CC(C)(C)C(=O)O)C(C)(C)C5CC[C@@]4(C)[C@]3(C)CC[C@@]2(CCN(CCN2CCOCC2)Cc2ccccc2)CC1=O. The van der Waals surface area contributed by atoms with E-state index >= 15 is 0 Å². The molecule has 4 saturated carbocycles. The summed E-state index contributed by atoms with van der Waals surface area (Å²) in [5, 5.41) is 9.67. The number of allylic oxidation sites excluding steroid dienone is 2. The molecule has 1 aromatic carbocycles. The molecule has 0 amide bonds. The molecule has 6 aliphatic rings. The zero-order valence-electron chi connectivity index (χ0n) is 37.6. The van der Waals surface area contributed by atoms with Crippen LogP contribution in [0.25, 0.3) is 0 Å². The Balaban J connectivity index is 1.13. The van der Waals surface area contributed by atoms with Crippen LogP contribution < -0.4 is 0 Å². The molecule has 0 spiro atoms. The van der Waals surface area contributed by atoms with E-state index in [2.05, 4.69) is 88.6 Å². The average Bonchev–Trinajstić information content (AvgIpc) is 3.47. The number of carbonyl (C=O) groups excluding carboxylic acids is 2. The van der Waals surface area contributed by atoms with Gasteiger partial charge in [-0.15, -0.1) is 0 Å². The number of rotatable bonds is 13. The lowest BCUT2D eigenvalue weighted by atomic mass is 9.33. The van der Waals surface area contributed by atoms with Gasteiger partial charge in [0.15, 0.2) is 5.78 Å². The maximum Gasteiger partial charge on any atom is 0.309 e. The van der Waals surface area contributed by atoms with E-state index in [1.54, 1.807) is 19.4 Å². The number of benzene rings is 1. The van der Waals surface area contributed by atoms with Crippen molar-refractivity contribution in [2.75, 3.05) is 45.9 Å². The quantitative estimate of drug-likeness (QED) is 0.197. The number of ketones is 1. The largest absolute Gasteiger partial charge is 0.481 e. The fourth-order valence-corrected chi connectivity index (χ4v) is 14.5. The van der Waals surface area contributed by atoms with Gasteiger partial charge in [-0.05, 0) is 129 Å². The van der Waals surface area contributed by atoms with Gasteiger partial charge in [-0.25, -0.2) is 0 Å². The van der Waals surface area contributed by atoms with E-state index in [4.69, 9.17) is 9.47 Å². The molecule has 1 aliphatic heterocycles. The summed E-state index contributed by atoms with van der Waals surface area (Å²) >= 11 is 0. The second kappa shape index (κ2) is 16.0. The van der Waals surface area contributed by atoms with Gasteiger partial charge in [0.2, 0.25) is 0 Å². The standard InChI is InChI=1S/C50H76N2O6/c1-34(2)42-37(53)31-50(23-24-52(33-35-13-11-10-12-14-35)26-25-51-27-29-57-30-28-51)22-21-48(8)36(43(42)50)15-16-39-47(7)19-18-40(58-41(54)32-45(3,4)44(55)56)46(5,6)38(47)17-20-49(39,48)9/h10-14,34,36,38-40H,15-33H2,1-9H3,(H,55,56)/t36-,38?,39?,40+,47+,48-,49-,50-/m1/s1. The van der Waals surface area contributed by atoms with Crippen LogP contribution in [0.3, 0.4) is 0 Å². The number of carboxylic acids is 1. The van der Waals surface area contributed by atoms with Gasteiger partial charge < -0.3 is 14.6 Å². The molecule has 58 heavy (non-hydrogen) atoms. The van der Waals surface area contributed by atoms with Gasteiger partial charge in [-0.1, -0.05) is 84.4 Å². The summed E-state index contributed by atoms with van der Waals surface area (Å²) in [5.41, 5.74) is 3.03. The molecule has 322 valence electrons. The molecule has 7 rings (SSSR count). The summed E-state index contributed by atoms with van der Waals surface area (Å²) in [4.78, 5) is 44.6. The Hall–Kier alpha value is -2.55. The van der Waals surface area contributed by atoms with Crippen molar-refractivity contribution in [1.82, 2.24) is 9.80 Å². The number of hydrogen-bond acceptors (Lipinski definition) is 7. The van der Waals surface area contributed by atoms with Crippen LogP contribution in [0.5, 0.6) is 0 Å². The number of hydrogen-bond donors (Lipinski definition) is 1. The molecule has 1 heterocycles. The summed E-state index contributed by atoms with van der Waals surface area (Å²) in [5.74, 6) is 0.661. The van der Waals surface area contributed by atoms with Crippen LogP contribution >= 0.6 is 0 Å². The van der Waals surface area contributed by atoms with Crippen molar-refractivity contribution < 1.29 is 29.0 Å². The Labute approximate surface area is 350 Å². The Kier molecular flexibility index (Phi) is 12.0. The topological polar surface area (TPSA) is 96.4 Å². The first kappa shape index (κ1) is 43.5. The summed E-state index contributed by atoms with van der Waals surface area (Å²) in [6.45, 7) is 27.8. The van der Waals surface area contributed by atoms with E-state index < -0.39 is 17.4 Å². The number of fused-ring (bicyclic) bond motifs is 7. The first-order valence-electron chi connectivity index (χ1n) is 23.0. The van der Waals surface area contributed by atoms with Crippen LogP contribution in [0.1, 0.15) is 139 Å². The number of carboxylic acid groups (broad SMARTS) is 1. The molecule has 0 radical (unpaired) electrons. The lowest BCUT2D eigenvalue weighted by molar-refractivity contribution is -0.233. The second-order valence-corrected chi connectivity index (χ2v) is 22.1. The van der Waals surface area contributed by atoms with Gasteiger partial charge in [0.1, 0.15) is 6.10 Å². The lowest BCUT2D eigenvalue weighted by Gasteiger charge is -2.72. The minimum Gasteiger partial charge on any atom is -0.481 e. The average molecular weight is 801 g/mol. The highest BCUT2D eigenvalue weighted by Crippen LogP contribution is 2.77. The lowest BCUT2D eigenvalue weighted by Crippen LogP contribution is -2.65. The van der Waals surface area contributed by atoms with Crippen molar-refractivity contribution in [3.05, 3.63) is 47.0 Å². The highest BCUT2D eigenvalue weighted by atomic mass is 16.5. The molecule has 0 bridgehead atoms. The molecule has 1 saturated heterocycles. The molecule has 1 aromatic rings. The maximum atomic E-state index is 14.4. The molecule has 5 aliphatic carbocycles. The van der Waals surface area contributed by atoms with Crippen molar-refractivity contribution in [1.29, 1.82) is 0 Å². The van der Waals surface area contributed by atoms with E-state index in [1.165, 1.54) is 24.0 Å². The molecule has 1 N–H and O–H groups in total. The van der Waals surface area contributed by atoms with E-state index in [-0.39, 0.29) is 45.5 Å². The fourth-order valence-electron chi connectivity index (χ4n) is 14.5. The number of nitrogens with zero attached hydrogens (tertiary/aromatic N) is 2. The van der Waals surface area contributed by atoms with E-state index in [9.17, 15) is 19.5 Å². The third kappa shape index (κ3) is 7.56. The van der Waals surface area contributed by atoms with Gasteiger partial charge in [-0.2, -0.15) is 0 Å². The summed E-state index contributed by atoms with van der Waals surface area (Å²) in [6.07, 6.45) is 10.1. The molecule has 2 unspecified atom stereocenters. The third-order valence-corrected chi connectivity index (χ3v) is 17.9. The zero-order chi connectivity index (χ0) is 41.9. The molecule has 0 aromatic heterocycles. The van der Waals surface area contributed by atoms with Gasteiger partial charge in [0, 0.05) is 50.0 Å². The maximum absolute atomic E-state index is 14.4. The van der Waals surface area contributed by atoms with Crippen molar-refractivity contribution in [2.24, 2.45) is 56.2 Å². The number of aliphatic carboxylic acids is 1. The summed E-state index contributed by atoms with van der Waals surface area (Å²) in [6, 6.07) is 10.9. The van der Waals surface area contributed by atoms with Gasteiger partial charge in [0.25, 0.3) is 0 Å². The second-order valence-electron chi connectivity index (χ2n) is 22.1. The predicted octanol–water partition coefficient (Wildman–Crippen LogP) is 9.60. The number of ether oxygens (including phenoxy) is 2. The first-order chi connectivity index (χ1) is 27.3. The third-order valence-electron chi connectivity index (χ3n) is 17.9. The van der Waals surface area contributed by atoms with Crippen LogP contribution in [0.2, 0.25) is 0 Å². The van der Waals surface area contributed by atoms with Crippen LogP contribution in [-0.4, -0.2) is 84.7 Å². The zero-order valence-corrected chi connectivity index (χ0v) is 37.6. The number of morpholine rings is 1. The fraction of sp³-hybridized carbons (Fsp3) is 0.780. The number of Topliss-reactive ketones (excluding diaryl/α,β-unsaturated/α-hetero) is 1. The summed E-state index contributed by atoms with van der Waals surface area (Å²) < 4.78 is 11.9. The smallest absolute Gasteiger partial charge is 0.309 e. The van der Waals surface area contributed by atoms with Crippen molar-refractivity contribution in [3.63, 3.8) is 0 Å². The van der Waals surface area contributed by atoms with Crippen LogP contribution in [0.4, 0.5) is 0 Å². The monoisotopic (exact) mass is 801 g/mol. The van der Waals surface area contributed by atoms with Crippen molar-refractivity contribution >= 4 is 17.7 Å². The van der Waals surface area contributed by atoms with Crippen LogP contribution in [-0.2, 0) is 30.4 Å². The Morgan fingerprint density at radius 1 is 0.914 bits per heavy atom. The van der Waals surface area contributed by atoms with E-state index in [0.29, 0.717) is 30.0 Å². The molecular formula is C50H76N2O6. The highest BCUT2D eigenvalue weighted by molar-refractivity contribution is 6.00. The number of carbonyl (C=O) groups is 3. The Morgan fingerprint density at radius 3 is 2.29 bits per heavy atom. The highest BCUT2D eigenvalue weighted by Gasteiger charge is 2.70. The molecule has 8 nitrogen and oxygen atoms in total. The minimum atomic E-state index is -1.15. The van der Waals surface area contributed by atoms with Crippen LogP contribution in [0, 0.1) is 56.2 Å². The minimum absolute atomic E-state index is 0.0573. The molecule has 8 heteroatoms. The van der Waals surface area contributed by atoms with E-state index in [1.807, 2.05) is 0 Å². The van der Waals surface area contributed by atoms with Crippen molar-refractivity contribution in [2.45, 2.75) is 146 Å². The molecular weight excluding hydrogens is 725 g/mol.